The predicted molar refractivity (Wildman–Crippen MR) is 95.4 cm³/mol. The molecule has 0 bridgehead atoms. The van der Waals surface area contributed by atoms with E-state index in [1.165, 1.54) is 16.2 Å². The summed E-state index contributed by atoms with van der Waals surface area (Å²) >= 11 is 1.43. The van der Waals surface area contributed by atoms with Crippen LogP contribution in [0.25, 0.3) is 0 Å². The first-order chi connectivity index (χ1) is 12.0. The molecular formula is C17H25N3O4S. The second-order valence-electron chi connectivity index (χ2n) is 6.00. The number of thiophene rings is 1. The van der Waals surface area contributed by atoms with Crippen LogP contribution in [-0.4, -0.2) is 42.5 Å². The summed E-state index contributed by atoms with van der Waals surface area (Å²) in [6.45, 7) is 6.96. The van der Waals surface area contributed by atoms with Gasteiger partial charge in [-0.3, -0.25) is 20.4 Å². The molecule has 25 heavy (non-hydrogen) atoms. The Labute approximate surface area is 151 Å². The highest BCUT2D eigenvalue weighted by atomic mass is 32.1. The van der Waals surface area contributed by atoms with Crippen LogP contribution in [0.5, 0.6) is 0 Å². The van der Waals surface area contributed by atoms with E-state index in [-0.39, 0.29) is 17.7 Å². The van der Waals surface area contributed by atoms with Gasteiger partial charge in [0.05, 0.1) is 17.4 Å². The number of piperidine rings is 1. The van der Waals surface area contributed by atoms with Crippen LogP contribution in [-0.2, 0) is 16.0 Å². The van der Waals surface area contributed by atoms with Gasteiger partial charge >= 0.3 is 6.09 Å². The van der Waals surface area contributed by atoms with Gasteiger partial charge in [-0.05, 0) is 44.7 Å². The lowest BCUT2D eigenvalue weighted by Gasteiger charge is -2.31. The number of nitrogens with one attached hydrogen (secondary N) is 2. The van der Waals surface area contributed by atoms with Crippen molar-refractivity contribution in [3.8, 4) is 0 Å². The third-order valence-corrected chi connectivity index (χ3v) is 5.56. The Balaban J connectivity index is 1.86. The Morgan fingerprint density at radius 3 is 2.72 bits per heavy atom. The molecule has 1 saturated heterocycles. The van der Waals surface area contributed by atoms with Gasteiger partial charge in [-0.25, -0.2) is 4.79 Å². The fourth-order valence-electron chi connectivity index (χ4n) is 2.84. The highest BCUT2D eigenvalue weighted by Crippen LogP contribution is 2.22. The molecule has 7 nitrogen and oxygen atoms in total. The Kier molecular flexibility index (Phi) is 6.81. The lowest BCUT2D eigenvalue weighted by Crippen LogP contribution is -2.50. The van der Waals surface area contributed by atoms with E-state index in [0.29, 0.717) is 31.0 Å². The molecule has 0 spiro atoms. The number of amides is 3. The largest absolute Gasteiger partial charge is 0.450 e. The Morgan fingerprint density at radius 2 is 2.08 bits per heavy atom. The predicted octanol–water partition coefficient (Wildman–Crippen LogP) is 2.25. The van der Waals surface area contributed by atoms with Gasteiger partial charge in [0.1, 0.15) is 0 Å². The summed E-state index contributed by atoms with van der Waals surface area (Å²) in [7, 11) is 0. The number of ether oxygens (including phenoxy) is 1. The van der Waals surface area contributed by atoms with E-state index in [9.17, 15) is 14.4 Å². The standard InChI is InChI=1S/C17H25N3O4S/c1-4-13-11(3)9-14(25-13)16(22)19-18-15(21)12-7-6-8-20(10-12)17(23)24-5-2/h9,12H,4-8,10H2,1-3H3,(H,18,21)(H,19,22)/t12-/m1/s1. The summed E-state index contributed by atoms with van der Waals surface area (Å²) < 4.78 is 4.98. The highest BCUT2D eigenvalue weighted by Gasteiger charge is 2.29. The lowest BCUT2D eigenvalue weighted by atomic mass is 9.98. The molecule has 2 rings (SSSR count). The van der Waals surface area contributed by atoms with Crippen molar-refractivity contribution in [3.63, 3.8) is 0 Å². The molecule has 0 radical (unpaired) electrons. The number of nitrogens with zero attached hydrogens (tertiary/aromatic N) is 1. The number of carbonyl (C=O) groups is 3. The number of hydrogen-bond acceptors (Lipinski definition) is 5. The molecule has 138 valence electrons. The Morgan fingerprint density at radius 1 is 1.32 bits per heavy atom. The van der Waals surface area contributed by atoms with Gasteiger partial charge in [-0.1, -0.05) is 6.92 Å². The summed E-state index contributed by atoms with van der Waals surface area (Å²) in [5.74, 6) is -0.958. The molecule has 1 aliphatic rings. The molecule has 0 saturated carbocycles. The molecule has 2 N–H and O–H groups in total. The third kappa shape index (κ3) is 4.94. The summed E-state index contributed by atoms with van der Waals surface area (Å²) in [5, 5.41) is 0. The zero-order chi connectivity index (χ0) is 18.4. The van der Waals surface area contributed by atoms with Crippen LogP contribution >= 0.6 is 11.3 Å². The Hall–Kier alpha value is -2.09. The van der Waals surface area contributed by atoms with Crippen molar-refractivity contribution >= 4 is 29.2 Å². The van der Waals surface area contributed by atoms with Crippen LogP contribution in [0, 0.1) is 12.8 Å². The number of carbonyl (C=O) groups excluding carboxylic acids is 3. The fourth-order valence-corrected chi connectivity index (χ4v) is 3.85. The van der Waals surface area contributed by atoms with E-state index in [1.54, 1.807) is 6.92 Å². The maximum Gasteiger partial charge on any atom is 0.409 e. The van der Waals surface area contributed by atoms with Crippen molar-refractivity contribution in [1.82, 2.24) is 15.8 Å². The van der Waals surface area contributed by atoms with Gasteiger partial charge in [-0.15, -0.1) is 11.3 Å². The molecule has 8 heteroatoms. The minimum absolute atomic E-state index is 0.286. The molecule has 1 fully saturated rings. The molecule has 1 aromatic rings. The van der Waals surface area contributed by atoms with E-state index in [4.69, 9.17) is 4.74 Å². The average Bonchev–Trinajstić information content (AvgIpc) is 3.00. The Bertz CT molecular complexity index is 644. The SMILES string of the molecule is CCOC(=O)N1CCC[C@@H](C(=O)NNC(=O)c2cc(C)c(CC)s2)C1. The van der Waals surface area contributed by atoms with Gasteiger partial charge in [0.2, 0.25) is 5.91 Å². The summed E-state index contributed by atoms with van der Waals surface area (Å²) in [5.41, 5.74) is 6.03. The van der Waals surface area contributed by atoms with E-state index in [0.717, 1.165) is 23.3 Å². The maximum atomic E-state index is 12.3. The molecule has 3 amide bonds. The van der Waals surface area contributed by atoms with Gasteiger partial charge in [0.15, 0.2) is 0 Å². The van der Waals surface area contributed by atoms with Crippen LogP contribution in [0.1, 0.15) is 46.8 Å². The molecule has 0 aliphatic carbocycles. The number of hydrazine groups is 1. The van der Waals surface area contributed by atoms with Gasteiger partial charge in [0, 0.05) is 18.0 Å². The van der Waals surface area contributed by atoms with Gasteiger partial charge < -0.3 is 9.64 Å². The maximum absolute atomic E-state index is 12.3. The summed E-state index contributed by atoms with van der Waals surface area (Å²) in [4.78, 5) is 39.5. The monoisotopic (exact) mass is 367 g/mol. The van der Waals surface area contributed by atoms with Crippen molar-refractivity contribution in [1.29, 1.82) is 0 Å². The number of hydrogen-bond donors (Lipinski definition) is 2. The van der Waals surface area contributed by atoms with Crippen molar-refractivity contribution < 1.29 is 19.1 Å². The quantitative estimate of drug-likeness (QED) is 0.799. The second-order valence-corrected chi connectivity index (χ2v) is 7.13. The normalized spacial score (nSPS) is 17.1. The molecule has 0 aromatic carbocycles. The van der Waals surface area contributed by atoms with Crippen LogP contribution in [0.4, 0.5) is 4.79 Å². The molecule has 1 aliphatic heterocycles. The summed E-state index contributed by atoms with van der Waals surface area (Å²) in [6, 6.07) is 1.83. The third-order valence-electron chi connectivity index (χ3n) is 4.18. The zero-order valence-electron chi connectivity index (χ0n) is 14.9. The molecule has 1 aromatic heterocycles. The zero-order valence-corrected chi connectivity index (χ0v) is 15.7. The highest BCUT2D eigenvalue weighted by molar-refractivity contribution is 7.14. The van der Waals surface area contributed by atoms with Crippen LogP contribution in [0.15, 0.2) is 6.07 Å². The van der Waals surface area contributed by atoms with Crippen LogP contribution in [0.2, 0.25) is 0 Å². The van der Waals surface area contributed by atoms with E-state index in [2.05, 4.69) is 10.9 Å². The minimum atomic E-state index is -0.398. The van der Waals surface area contributed by atoms with Gasteiger partial charge in [-0.2, -0.15) is 0 Å². The van der Waals surface area contributed by atoms with Crippen molar-refractivity contribution in [2.45, 2.75) is 40.0 Å². The first kappa shape index (κ1) is 19.2. The number of rotatable bonds is 4. The van der Waals surface area contributed by atoms with Crippen LogP contribution in [0.3, 0.4) is 0 Å². The fraction of sp³-hybridized carbons (Fsp3) is 0.588. The first-order valence-corrected chi connectivity index (χ1v) is 9.39. The minimum Gasteiger partial charge on any atom is -0.450 e. The second kappa shape index (κ2) is 8.84. The van der Waals surface area contributed by atoms with Crippen molar-refractivity contribution in [2.75, 3.05) is 19.7 Å². The topological polar surface area (TPSA) is 87.7 Å². The van der Waals surface area contributed by atoms with E-state index >= 15 is 0 Å². The molecular weight excluding hydrogens is 342 g/mol. The van der Waals surface area contributed by atoms with E-state index in [1.807, 2.05) is 19.9 Å². The number of aryl methyl sites for hydroxylation is 2. The van der Waals surface area contributed by atoms with Crippen molar-refractivity contribution in [3.05, 3.63) is 21.4 Å². The smallest absolute Gasteiger partial charge is 0.409 e. The first-order valence-electron chi connectivity index (χ1n) is 8.57. The average molecular weight is 367 g/mol. The molecule has 0 unspecified atom stereocenters. The lowest BCUT2D eigenvalue weighted by molar-refractivity contribution is -0.127. The van der Waals surface area contributed by atoms with E-state index < -0.39 is 6.09 Å². The van der Waals surface area contributed by atoms with Crippen LogP contribution < -0.4 is 10.9 Å². The molecule has 1 atom stereocenters. The summed E-state index contributed by atoms with van der Waals surface area (Å²) in [6.07, 6.45) is 1.89. The number of likely N-dealkylation sites (tertiary alicyclic amines) is 1. The molecule has 2 heterocycles. The van der Waals surface area contributed by atoms with Gasteiger partial charge in [0.25, 0.3) is 5.91 Å². The van der Waals surface area contributed by atoms with Crippen molar-refractivity contribution in [2.24, 2.45) is 5.92 Å².